The lowest BCUT2D eigenvalue weighted by atomic mass is 9.83. The lowest BCUT2D eigenvalue weighted by molar-refractivity contribution is -0.137. The molecule has 0 aromatic heterocycles. The van der Waals surface area contributed by atoms with Crippen molar-refractivity contribution in [3.05, 3.63) is 0 Å². The minimum Gasteiger partial charge on any atom is -0.329 e. The van der Waals surface area contributed by atoms with Gasteiger partial charge < -0.3 is 15.8 Å². The Morgan fingerprint density at radius 1 is 1.53 bits per heavy atom. The van der Waals surface area contributed by atoms with E-state index in [1.54, 1.807) is 0 Å². The number of nitrogens with one attached hydrogen (secondary N) is 1. The summed E-state index contributed by atoms with van der Waals surface area (Å²) >= 11 is 0. The Labute approximate surface area is 89.4 Å². The van der Waals surface area contributed by atoms with Crippen LogP contribution >= 0.6 is 0 Å². The van der Waals surface area contributed by atoms with E-state index in [0.717, 1.165) is 0 Å². The molecule has 1 saturated carbocycles. The van der Waals surface area contributed by atoms with E-state index in [4.69, 9.17) is 5.73 Å². The van der Waals surface area contributed by atoms with Gasteiger partial charge in [-0.05, 0) is 20.9 Å². The Kier molecular flexibility index (Phi) is 5.31. The first-order valence-electron chi connectivity index (χ1n) is 4.98. The zero-order valence-corrected chi connectivity index (χ0v) is 9.52. The number of likely N-dealkylation sites (N-methyl/N-ethyl adjacent to an activating group) is 1. The molecule has 0 aliphatic heterocycles. The molecule has 0 aromatic rings. The molecule has 1 rings (SSSR count). The van der Waals surface area contributed by atoms with Crippen LogP contribution in [0, 0.1) is 5.92 Å². The number of nitrogens with two attached hydrogens (primary N) is 1. The van der Waals surface area contributed by atoms with E-state index in [0.29, 0.717) is 12.8 Å². The third-order valence-electron chi connectivity index (χ3n) is 2.50. The maximum Gasteiger partial charge on any atom is 0.249 e. The third-order valence-corrected chi connectivity index (χ3v) is 2.50. The Morgan fingerprint density at radius 3 is 2.07 bits per heavy atom. The molecule has 1 aliphatic rings. The fourth-order valence-corrected chi connectivity index (χ4v) is 0.906. The lowest BCUT2D eigenvalue weighted by Gasteiger charge is -2.30. The normalized spacial score (nSPS) is 19.9. The van der Waals surface area contributed by atoms with Crippen molar-refractivity contribution in [2.45, 2.75) is 38.2 Å². The standard InChI is InChI=1S/C5H6F2O.C5H14N2/c6-5(7)1-4(2-5)3-8;1-5(2,4-6)7-3/h3-4H,1-2H2;7H,4,6H2,1-3H3. The van der Waals surface area contributed by atoms with Gasteiger partial charge in [0.15, 0.2) is 0 Å². The number of rotatable bonds is 3. The Hall–Kier alpha value is -0.550. The minimum absolute atomic E-state index is 0.111. The summed E-state index contributed by atoms with van der Waals surface area (Å²) in [6.07, 6.45) is 0.115. The number of halogens is 2. The molecule has 1 aliphatic carbocycles. The molecule has 3 nitrogen and oxygen atoms in total. The van der Waals surface area contributed by atoms with Crippen LogP contribution in [0.5, 0.6) is 0 Å². The summed E-state index contributed by atoms with van der Waals surface area (Å²) in [6.45, 7) is 4.81. The zero-order chi connectivity index (χ0) is 12.1. The van der Waals surface area contributed by atoms with E-state index in [1.807, 2.05) is 7.05 Å². The molecule has 3 N–H and O–H groups in total. The number of alkyl halides is 2. The van der Waals surface area contributed by atoms with Gasteiger partial charge in [0.05, 0.1) is 0 Å². The van der Waals surface area contributed by atoms with E-state index < -0.39 is 5.92 Å². The summed E-state index contributed by atoms with van der Waals surface area (Å²) in [7, 11) is 1.91. The van der Waals surface area contributed by atoms with Crippen molar-refractivity contribution < 1.29 is 13.6 Å². The fraction of sp³-hybridized carbons (Fsp3) is 0.900. The van der Waals surface area contributed by atoms with Crippen molar-refractivity contribution in [3.63, 3.8) is 0 Å². The average Bonchev–Trinajstić information content (AvgIpc) is 2.15. The average molecular weight is 222 g/mol. The van der Waals surface area contributed by atoms with Crippen molar-refractivity contribution in [1.82, 2.24) is 5.32 Å². The molecular formula is C10H20F2N2O. The smallest absolute Gasteiger partial charge is 0.249 e. The second-order valence-corrected chi connectivity index (χ2v) is 4.50. The first-order valence-corrected chi connectivity index (χ1v) is 4.98. The molecule has 0 heterocycles. The number of aldehydes is 1. The van der Waals surface area contributed by atoms with Gasteiger partial charge >= 0.3 is 0 Å². The highest BCUT2D eigenvalue weighted by atomic mass is 19.3. The van der Waals surface area contributed by atoms with Crippen LogP contribution in [0.4, 0.5) is 8.78 Å². The second kappa shape index (κ2) is 5.51. The molecule has 5 heteroatoms. The largest absolute Gasteiger partial charge is 0.329 e. The summed E-state index contributed by atoms with van der Waals surface area (Å²) in [5.41, 5.74) is 5.47. The molecule has 0 amide bonds. The summed E-state index contributed by atoms with van der Waals surface area (Å²) in [5, 5.41) is 3.07. The summed E-state index contributed by atoms with van der Waals surface area (Å²) in [6, 6.07) is 0. The van der Waals surface area contributed by atoms with Crippen molar-refractivity contribution in [1.29, 1.82) is 0 Å². The monoisotopic (exact) mass is 222 g/mol. The van der Waals surface area contributed by atoms with Crippen LogP contribution in [0.1, 0.15) is 26.7 Å². The van der Waals surface area contributed by atoms with Gasteiger partial charge in [0.2, 0.25) is 5.92 Å². The van der Waals surface area contributed by atoms with Crippen LogP contribution in [-0.2, 0) is 4.79 Å². The van der Waals surface area contributed by atoms with Gasteiger partial charge in [-0.25, -0.2) is 8.78 Å². The molecule has 0 saturated heterocycles. The van der Waals surface area contributed by atoms with Crippen LogP contribution in [0.25, 0.3) is 0 Å². The first-order chi connectivity index (χ1) is 6.76. The Balaban J connectivity index is 0.000000265. The van der Waals surface area contributed by atoms with Crippen LogP contribution in [0.3, 0.4) is 0 Å². The van der Waals surface area contributed by atoms with Gasteiger partial charge in [0, 0.05) is 30.8 Å². The Bertz CT molecular complexity index is 194. The highest BCUT2D eigenvalue weighted by Crippen LogP contribution is 2.40. The summed E-state index contributed by atoms with van der Waals surface area (Å²) < 4.78 is 23.6. The van der Waals surface area contributed by atoms with Gasteiger partial charge in [0.1, 0.15) is 6.29 Å². The maximum absolute atomic E-state index is 11.8. The fourth-order valence-electron chi connectivity index (χ4n) is 0.906. The van der Waals surface area contributed by atoms with Crippen molar-refractivity contribution in [3.8, 4) is 0 Å². The topological polar surface area (TPSA) is 55.1 Å². The van der Waals surface area contributed by atoms with Crippen LogP contribution in [0.15, 0.2) is 0 Å². The highest BCUT2D eigenvalue weighted by Gasteiger charge is 2.44. The van der Waals surface area contributed by atoms with Crippen molar-refractivity contribution >= 4 is 6.29 Å². The predicted octanol–water partition coefficient (Wildman–Crippen LogP) is 1.17. The van der Waals surface area contributed by atoms with Crippen molar-refractivity contribution in [2.24, 2.45) is 11.7 Å². The van der Waals surface area contributed by atoms with E-state index in [-0.39, 0.29) is 24.3 Å². The lowest BCUT2D eigenvalue weighted by Crippen LogP contribution is -2.43. The molecule has 0 bridgehead atoms. The van der Waals surface area contributed by atoms with E-state index >= 15 is 0 Å². The van der Waals surface area contributed by atoms with Crippen molar-refractivity contribution in [2.75, 3.05) is 13.6 Å². The van der Waals surface area contributed by atoms with E-state index in [9.17, 15) is 13.6 Å². The molecule has 0 unspecified atom stereocenters. The number of carbonyl (C=O) groups is 1. The van der Waals surface area contributed by atoms with Crippen LogP contribution in [0.2, 0.25) is 0 Å². The number of hydrogen-bond donors (Lipinski definition) is 2. The minimum atomic E-state index is -2.54. The van der Waals surface area contributed by atoms with Gasteiger partial charge in [-0.2, -0.15) is 0 Å². The third kappa shape index (κ3) is 5.79. The number of hydrogen-bond acceptors (Lipinski definition) is 3. The highest BCUT2D eigenvalue weighted by molar-refractivity contribution is 5.55. The van der Waals surface area contributed by atoms with Gasteiger partial charge in [-0.1, -0.05) is 0 Å². The molecule has 0 radical (unpaired) electrons. The molecule has 0 atom stereocenters. The molecule has 15 heavy (non-hydrogen) atoms. The zero-order valence-electron chi connectivity index (χ0n) is 9.52. The first kappa shape index (κ1) is 14.5. The van der Waals surface area contributed by atoms with Gasteiger partial charge in [-0.3, -0.25) is 0 Å². The second-order valence-electron chi connectivity index (χ2n) is 4.50. The SMILES string of the molecule is CNC(C)(C)CN.O=CC1CC(F)(F)C1. The maximum atomic E-state index is 11.8. The molecule has 1 fully saturated rings. The summed E-state index contributed by atoms with van der Waals surface area (Å²) in [4.78, 5) is 9.74. The number of carbonyl (C=O) groups excluding carboxylic acids is 1. The molecule has 0 aromatic carbocycles. The van der Waals surface area contributed by atoms with Crippen LogP contribution < -0.4 is 11.1 Å². The van der Waals surface area contributed by atoms with Gasteiger partial charge in [0.25, 0.3) is 0 Å². The molecular weight excluding hydrogens is 202 g/mol. The van der Waals surface area contributed by atoms with Gasteiger partial charge in [-0.15, -0.1) is 0 Å². The van der Waals surface area contributed by atoms with E-state index in [2.05, 4.69) is 19.2 Å². The summed E-state index contributed by atoms with van der Waals surface area (Å²) in [5.74, 6) is -2.91. The Morgan fingerprint density at radius 2 is 2.00 bits per heavy atom. The van der Waals surface area contributed by atoms with Crippen LogP contribution in [-0.4, -0.2) is 31.3 Å². The molecule has 0 spiro atoms. The van der Waals surface area contributed by atoms with E-state index in [1.165, 1.54) is 0 Å². The quantitative estimate of drug-likeness (QED) is 0.705. The predicted molar refractivity (Wildman–Crippen MR) is 55.9 cm³/mol. The molecule has 90 valence electrons.